The van der Waals surface area contributed by atoms with E-state index in [9.17, 15) is 0 Å². The minimum atomic E-state index is 0.556. The number of rotatable bonds is 5. The first-order valence-corrected chi connectivity index (χ1v) is 6.52. The summed E-state index contributed by atoms with van der Waals surface area (Å²) < 4.78 is 0. The van der Waals surface area contributed by atoms with Crippen LogP contribution in [0.1, 0.15) is 36.3 Å². The molecule has 0 aliphatic carbocycles. The molecular weight excluding hydrogens is 204 g/mol. The van der Waals surface area contributed by atoms with Gasteiger partial charge in [0.1, 0.15) is 0 Å². The molecule has 0 spiro atoms. The lowest BCUT2D eigenvalue weighted by atomic mass is 10.0. The number of nitrogens with one attached hydrogen (secondary N) is 1. The molecule has 1 aromatic heterocycles. The maximum Gasteiger partial charge on any atom is 0.0946 e. The Bertz CT molecular complexity index is 285. The van der Waals surface area contributed by atoms with Gasteiger partial charge in [0.15, 0.2) is 0 Å². The highest BCUT2D eigenvalue weighted by Crippen LogP contribution is 2.19. The second-order valence-electron chi connectivity index (χ2n) is 4.36. The van der Waals surface area contributed by atoms with Crippen molar-refractivity contribution in [3.8, 4) is 0 Å². The fourth-order valence-electron chi connectivity index (χ4n) is 1.62. The SMILES string of the molecule is CCNC(Cc1nc(C)c(C)s1)C(C)C. The molecule has 86 valence electrons. The summed E-state index contributed by atoms with van der Waals surface area (Å²) in [5.74, 6) is 0.662. The quantitative estimate of drug-likeness (QED) is 0.835. The van der Waals surface area contributed by atoms with Crippen LogP contribution in [-0.4, -0.2) is 17.6 Å². The average molecular weight is 226 g/mol. The highest BCUT2D eigenvalue weighted by molar-refractivity contribution is 7.11. The van der Waals surface area contributed by atoms with Gasteiger partial charge in [-0.15, -0.1) is 11.3 Å². The van der Waals surface area contributed by atoms with Crippen molar-refractivity contribution in [2.24, 2.45) is 5.92 Å². The molecule has 0 fully saturated rings. The Morgan fingerprint density at radius 3 is 2.40 bits per heavy atom. The standard InChI is InChI=1S/C12H22N2S/c1-6-13-11(8(2)3)7-12-14-9(4)10(5)15-12/h8,11,13H,6-7H2,1-5H3. The predicted molar refractivity (Wildman–Crippen MR) is 67.6 cm³/mol. The summed E-state index contributed by atoms with van der Waals surface area (Å²) in [6.07, 6.45) is 1.06. The molecule has 1 aromatic rings. The number of aryl methyl sites for hydroxylation is 2. The summed E-state index contributed by atoms with van der Waals surface area (Å²) in [4.78, 5) is 5.94. The average Bonchev–Trinajstić information content (AvgIpc) is 2.45. The van der Waals surface area contributed by atoms with E-state index in [1.54, 1.807) is 0 Å². The van der Waals surface area contributed by atoms with Crippen molar-refractivity contribution in [3.63, 3.8) is 0 Å². The van der Waals surface area contributed by atoms with Gasteiger partial charge in [0.05, 0.1) is 10.7 Å². The van der Waals surface area contributed by atoms with E-state index >= 15 is 0 Å². The van der Waals surface area contributed by atoms with Crippen molar-refractivity contribution in [2.75, 3.05) is 6.54 Å². The molecule has 15 heavy (non-hydrogen) atoms. The third kappa shape index (κ3) is 3.58. The van der Waals surface area contributed by atoms with Crippen LogP contribution in [0.2, 0.25) is 0 Å². The van der Waals surface area contributed by atoms with Crippen LogP contribution in [0.15, 0.2) is 0 Å². The number of likely N-dealkylation sites (N-methyl/N-ethyl adjacent to an activating group) is 1. The first kappa shape index (κ1) is 12.7. The van der Waals surface area contributed by atoms with Gasteiger partial charge in [-0.3, -0.25) is 0 Å². The van der Waals surface area contributed by atoms with Crippen LogP contribution in [0.5, 0.6) is 0 Å². The third-order valence-corrected chi connectivity index (χ3v) is 3.83. The van der Waals surface area contributed by atoms with E-state index in [0.29, 0.717) is 12.0 Å². The van der Waals surface area contributed by atoms with Gasteiger partial charge < -0.3 is 5.32 Å². The second-order valence-corrected chi connectivity index (χ2v) is 5.65. The highest BCUT2D eigenvalue weighted by atomic mass is 32.1. The highest BCUT2D eigenvalue weighted by Gasteiger charge is 2.15. The zero-order chi connectivity index (χ0) is 11.4. The van der Waals surface area contributed by atoms with Gasteiger partial charge in [0, 0.05) is 17.3 Å². The normalized spacial score (nSPS) is 13.5. The summed E-state index contributed by atoms with van der Waals surface area (Å²) in [6, 6.07) is 0.556. The fourth-order valence-corrected chi connectivity index (χ4v) is 2.61. The van der Waals surface area contributed by atoms with E-state index in [0.717, 1.165) is 13.0 Å². The Morgan fingerprint density at radius 1 is 1.33 bits per heavy atom. The zero-order valence-electron chi connectivity index (χ0n) is 10.4. The number of nitrogens with zero attached hydrogens (tertiary/aromatic N) is 1. The van der Waals surface area contributed by atoms with Crippen LogP contribution in [0.25, 0.3) is 0 Å². The van der Waals surface area contributed by atoms with Gasteiger partial charge in [0.25, 0.3) is 0 Å². The number of hydrogen-bond acceptors (Lipinski definition) is 3. The zero-order valence-corrected chi connectivity index (χ0v) is 11.2. The van der Waals surface area contributed by atoms with Crippen LogP contribution < -0.4 is 5.32 Å². The number of thiazole rings is 1. The second kappa shape index (κ2) is 5.61. The third-order valence-electron chi connectivity index (χ3n) is 2.74. The molecular formula is C12H22N2S. The van der Waals surface area contributed by atoms with Gasteiger partial charge in [-0.05, 0) is 26.3 Å². The summed E-state index contributed by atoms with van der Waals surface area (Å²) in [6.45, 7) is 12.0. The molecule has 0 aromatic carbocycles. The first-order chi connectivity index (χ1) is 7.04. The summed E-state index contributed by atoms with van der Waals surface area (Å²) in [5, 5.41) is 4.79. The molecule has 0 saturated carbocycles. The molecule has 2 nitrogen and oxygen atoms in total. The van der Waals surface area contributed by atoms with E-state index in [1.807, 2.05) is 11.3 Å². The molecule has 3 heteroatoms. The molecule has 1 atom stereocenters. The Labute approximate surface area is 97.1 Å². The molecule has 0 aliphatic rings. The lowest BCUT2D eigenvalue weighted by Crippen LogP contribution is -2.35. The maximum absolute atomic E-state index is 4.59. The Hall–Kier alpha value is -0.410. The van der Waals surface area contributed by atoms with E-state index in [-0.39, 0.29) is 0 Å². The molecule has 0 radical (unpaired) electrons. The van der Waals surface area contributed by atoms with Gasteiger partial charge in [0.2, 0.25) is 0 Å². The molecule has 1 N–H and O–H groups in total. The van der Waals surface area contributed by atoms with Crippen LogP contribution in [-0.2, 0) is 6.42 Å². The van der Waals surface area contributed by atoms with Crippen LogP contribution in [0.4, 0.5) is 0 Å². The van der Waals surface area contributed by atoms with E-state index in [4.69, 9.17) is 0 Å². The Morgan fingerprint density at radius 2 is 2.00 bits per heavy atom. The molecule has 1 rings (SSSR count). The lowest BCUT2D eigenvalue weighted by molar-refractivity contribution is 0.405. The maximum atomic E-state index is 4.59. The smallest absolute Gasteiger partial charge is 0.0946 e. The summed E-state index contributed by atoms with van der Waals surface area (Å²) in [5.41, 5.74) is 1.19. The summed E-state index contributed by atoms with van der Waals surface area (Å²) >= 11 is 1.83. The van der Waals surface area contributed by atoms with Gasteiger partial charge in [-0.2, -0.15) is 0 Å². The Balaban J connectivity index is 2.65. The largest absolute Gasteiger partial charge is 0.314 e. The lowest BCUT2D eigenvalue weighted by Gasteiger charge is -2.20. The van der Waals surface area contributed by atoms with Gasteiger partial charge in [-0.1, -0.05) is 20.8 Å². The topological polar surface area (TPSA) is 24.9 Å². The van der Waals surface area contributed by atoms with Crippen molar-refractivity contribution < 1.29 is 0 Å². The van der Waals surface area contributed by atoms with Gasteiger partial charge in [-0.25, -0.2) is 4.98 Å². The fraction of sp³-hybridized carbons (Fsp3) is 0.750. The van der Waals surface area contributed by atoms with Crippen molar-refractivity contribution >= 4 is 11.3 Å². The van der Waals surface area contributed by atoms with Crippen molar-refractivity contribution in [1.82, 2.24) is 10.3 Å². The molecule has 0 amide bonds. The molecule has 1 unspecified atom stereocenters. The van der Waals surface area contributed by atoms with E-state index < -0.39 is 0 Å². The predicted octanol–water partition coefficient (Wildman–Crippen LogP) is 2.94. The minimum absolute atomic E-state index is 0.556. The van der Waals surface area contributed by atoms with Crippen LogP contribution in [0, 0.1) is 19.8 Å². The van der Waals surface area contributed by atoms with Crippen molar-refractivity contribution in [3.05, 3.63) is 15.6 Å². The molecule has 0 saturated heterocycles. The first-order valence-electron chi connectivity index (χ1n) is 5.70. The molecule has 1 heterocycles. The van der Waals surface area contributed by atoms with E-state index in [2.05, 4.69) is 44.9 Å². The van der Waals surface area contributed by atoms with Crippen LogP contribution >= 0.6 is 11.3 Å². The summed E-state index contributed by atoms with van der Waals surface area (Å²) in [7, 11) is 0. The van der Waals surface area contributed by atoms with Gasteiger partial charge >= 0.3 is 0 Å². The number of hydrogen-bond donors (Lipinski definition) is 1. The molecule has 0 aliphatic heterocycles. The number of aromatic nitrogens is 1. The van der Waals surface area contributed by atoms with Crippen LogP contribution in [0.3, 0.4) is 0 Å². The Kier molecular flexibility index (Phi) is 4.74. The minimum Gasteiger partial charge on any atom is -0.314 e. The van der Waals surface area contributed by atoms with Crippen molar-refractivity contribution in [1.29, 1.82) is 0 Å². The van der Waals surface area contributed by atoms with E-state index in [1.165, 1.54) is 15.6 Å². The monoisotopic (exact) mass is 226 g/mol. The van der Waals surface area contributed by atoms with Crippen molar-refractivity contribution in [2.45, 2.75) is 47.1 Å². The molecule has 0 bridgehead atoms.